The molecule has 4 nitrogen and oxygen atoms in total. The lowest BCUT2D eigenvalue weighted by Crippen LogP contribution is -1.82. The Morgan fingerprint density at radius 1 is 1.25 bits per heavy atom. The molecule has 0 aliphatic carbocycles. The highest BCUT2D eigenvalue weighted by Gasteiger charge is 2.13. The first kappa shape index (κ1) is 9.47. The molecule has 0 unspecified atom stereocenters. The number of nitrogens with zero attached hydrogens (tertiary/aromatic N) is 1. The van der Waals surface area contributed by atoms with Crippen LogP contribution in [0.5, 0.6) is 0 Å². The second-order valence-corrected chi connectivity index (χ2v) is 4.32. The summed E-state index contributed by atoms with van der Waals surface area (Å²) in [4.78, 5) is 0. The second-order valence-electron chi connectivity index (χ2n) is 3.40. The van der Waals surface area contributed by atoms with Gasteiger partial charge in [-0.05, 0) is 24.3 Å². The molecule has 0 aliphatic rings. The fourth-order valence-electron chi connectivity index (χ4n) is 1.56. The number of rotatable bonds is 1. The van der Waals surface area contributed by atoms with Crippen LogP contribution in [0.3, 0.4) is 0 Å². The number of fused-ring (bicyclic) bond motifs is 1. The van der Waals surface area contributed by atoms with Crippen LogP contribution in [-0.4, -0.2) is 5.16 Å². The van der Waals surface area contributed by atoms with Crippen molar-refractivity contribution >= 4 is 32.6 Å². The third kappa shape index (κ3) is 1.40. The zero-order valence-corrected chi connectivity index (χ0v) is 9.69. The molecule has 3 rings (SSSR count). The minimum atomic E-state index is 0.465. The van der Waals surface area contributed by atoms with Crippen LogP contribution in [0.4, 0.5) is 5.69 Å². The van der Waals surface area contributed by atoms with Gasteiger partial charge in [-0.1, -0.05) is 21.1 Å². The zero-order valence-electron chi connectivity index (χ0n) is 8.11. The van der Waals surface area contributed by atoms with Gasteiger partial charge in [0.2, 0.25) is 5.76 Å². The van der Waals surface area contributed by atoms with Gasteiger partial charge in [0.1, 0.15) is 11.3 Å². The number of nitrogens with two attached hydrogens (primary N) is 1. The molecule has 0 amide bonds. The average Bonchev–Trinajstić information content (AvgIpc) is 2.82. The summed E-state index contributed by atoms with van der Waals surface area (Å²) in [5, 5.41) is 4.60. The standard InChI is InChI=1S/C11H7BrN2O2/c12-7-1-2-9-6(3-7)4-10(15-9)11-8(13)5-14-16-11/h1-5H,13H2. The van der Waals surface area contributed by atoms with Crippen molar-refractivity contribution in [2.75, 3.05) is 5.73 Å². The SMILES string of the molecule is Nc1cnoc1-c1cc2cc(Br)ccc2o1. The van der Waals surface area contributed by atoms with Gasteiger partial charge in [-0.15, -0.1) is 0 Å². The molecule has 16 heavy (non-hydrogen) atoms. The normalized spacial score (nSPS) is 11.1. The van der Waals surface area contributed by atoms with E-state index < -0.39 is 0 Å². The molecule has 0 spiro atoms. The molecule has 80 valence electrons. The predicted molar refractivity (Wildman–Crippen MR) is 63.8 cm³/mol. The van der Waals surface area contributed by atoms with E-state index in [0.717, 1.165) is 15.4 Å². The Hall–Kier alpha value is -1.75. The third-order valence-electron chi connectivity index (χ3n) is 2.30. The lowest BCUT2D eigenvalue weighted by atomic mass is 10.2. The van der Waals surface area contributed by atoms with Crippen molar-refractivity contribution in [2.24, 2.45) is 0 Å². The summed E-state index contributed by atoms with van der Waals surface area (Å²) in [6, 6.07) is 7.64. The van der Waals surface area contributed by atoms with Crippen LogP contribution < -0.4 is 5.73 Å². The summed E-state index contributed by atoms with van der Waals surface area (Å²) in [6.07, 6.45) is 1.46. The van der Waals surface area contributed by atoms with Gasteiger partial charge in [-0.25, -0.2) is 0 Å². The highest BCUT2D eigenvalue weighted by Crippen LogP contribution is 2.32. The van der Waals surface area contributed by atoms with Gasteiger partial charge in [-0.3, -0.25) is 0 Å². The van der Waals surface area contributed by atoms with E-state index in [-0.39, 0.29) is 0 Å². The van der Waals surface area contributed by atoms with Crippen LogP contribution in [0.2, 0.25) is 0 Å². The maximum Gasteiger partial charge on any atom is 0.224 e. The summed E-state index contributed by atoms with van der Waals surface area (Å²) in [5.41, 5.74) is 6.96. The van der Waals surface area contributed by atoms with Crippen molar-refractivity contribution in [1.82, 2.24) is 5.16 Å². The van der Waals surface area contributed by atoms with Gasteiger partial charge in [0.15, 0.2) is 5.76 Å². The Bertz CT molecular complexity index is 657. The van der Waals surface area contributed by atoms with Crippen molar-refractivity contribution < 1.29 is 8.94 Å². The molecule has 0 aliphatic heterocycles. The van der Waals surface area contributed by atoms with E-state index in [1.54, 1.807) is 0 Å². The molecule has 0 saturated heterocycles. The lowest BCUT2D eigenvalue weighted by Gasteiger charge is -1.89. The zero-order chi connectivity index (χ0) is 11.1. The molecule has 2 heterocycles. The van der Waals surface area contributed by atoms with Crippen LogP contribution in [-0.2, 0) is 0 Å². The number of hydrogen-bond acceptors (Lipinski definition) is 4. The Balaban J connectivity index is 2.23. The van der Waals surface area contributed by atoms with Crippen molar-refractivity contribution in [3.8, 4) is 11.5 Å². The Morgan fingerprint density at radius 3 is 2.88 bits per heavy atom. The third-order valence-corrected chi connectivity index (χ3v) is 2.79. The summed E-state index contributed by atoms with van der Waals surface area (Å²) < 4.78 is 11.6. The van der Waals surface area contributed by atoms with Gasteiger partial charge in [0.05, 0.1) is 6.20 Å². The van der Waals surface area contributed by atoms with E-state index in [1.165, 1.54) is 6.20 Å². The minimum Gasteiger partial charge on any atom is -0.453 e. The Labute approximate surface area is 99.1 Å². The molecular weight excluding hydrogens is 272 g/mol. The van der Waals surface area contributed by atoms with Gasteiger partial charge in [0.25, 0.3) is 0 Å². The van der Waals surface area contributed by atoms with E-state index in [9.17, 15) is 0 Å². The number of hydrogen-bond donors (Lipinski definition) is 1. The maximum absolute atomic E-state index is 5.70. The van der Waals surface area contributed by atoms with Crippen LogP contribution >= 0.6 is 15.9 Å². The number of aromatic nitrogens is 1. The fourth-order valence-corrected chi connectivity index (χ4v) is 1.94. The summed E-state index contributed by atoms with van der Waals surface area (Å²) >= 11 is 3.40. The summed E-state index contributed by atoms with van der Waals surface area (Å²) in [6.45, 7) is 0. The number of nitrogen functional groups attached to an aromatic ring is 1. The van der Waals surface area contributed by atoms with Gasteiger partial charge in [-0.2, -0.15) is 0 Å². The molecule has 0 radical (unpaired) electrons. The first-order valence-electron chi connectivity index (χ1n) is 4.63. The molecule has 0 fully saturated rings. The minimum absolute atomic E-state index is 0.465. The van der Waals surface area contributed by atoms with Crippen molar-refractivity contribution in [2.45, 2.75) is 0 Å². The highest BCUT2D eigenvalue weighted by atomic mass is 79.9. The molecular formula is C11H7BrN2O2. The highest BCUT2D eigenvalue weighted by molar-refractivity contribution is 9.10. The van der Waals surface area contributed by atoms with Crippen molar-refractivity contribution in [3.05, 3.63) is 34.9 Å². The lowest BCUT2D eigenvalue weighted by molar-refractivity contribution is 0.421. The Kier molecular flexibility index (Phi) is 2.00. The van der Waals surface area contributed by atoms with Gasteiger partial charge >= 0.3 is 0 Å². The molecule has 0 atom stereocenters. The van der Waals surface area contributed by atoms with E-state index in [4.69, 9.17) is 14.7 Å². The number of benzene rings is 1. The van der Waals surface area contributed by atoms with Crippen molar-refractivity contribution in [1.29, 1.82) is 0 Å². The molecule has 0 bridgehead atoms. The van der Waals surface area contributed by atoms with Gasteiger partial charge < -0.3 is 14.7 Å². The monoisotopic (exact) mass is 278 g/mol. The number of anilines is 1. The first-order chi connectivity index (χ1) is 7.74. The summed E-state index contributed by atoms with van der Waals surface area (Å²) in [7, 11) is 0. The topological polar surface area (TPSA) is 65.2 Å². The molecule has 1 aromatic carbocycles. The smallest absolute Gasteiger partial charge is 0.224 e. The maximum atomic E-state index is 5.70. The van der Waals surface area contributed by atoms with Crippen LogP contribution in [0.1, 0.15) is 0 Å². The average molecular weight is 279 g/mol. The van der Waals surface area contributed by atoms with Crippen LogP contribution in [0.25, 0.3) is 22.5 Å². The van der Waals surface area contributed by atoms with Crippen molar-refractivity contribution in [3.63, 3.8) is 0 Å². The van der Waals surface area contributed by atoms with Gasteiger partial charge in [0, 0.05) is 9.86 Å². The number of furan rings is 1. The van der Waals surface area contributed by atoms with Crippen LogP contribution in [0, 0.1) is 0 Å². The second kappa shape index (κ2) is 3.38. The molecule has 2 N–H and O–H groups in total. The summed E-state index contributed by atoms with van der Waals surface area (Å²) in [5.74, 6) is 1.05. The van der Waals surface area contributed by atoms with E-state index in [2.05, 4.69) is 21.1 Å². The largest absolute Gasteiger partial charge is 0.453 e. The van der Waals surface area contributed by atoms with Crippen LogP contribution in [0.15, 0.2) is 43.9 Å². The quantitative estimate of drug-likeness (QED) is 0.741. The van der Waals surface area contributed by atoms with E-state index in [0.29, 0.717) is 17.2 Å². The molecule has 3 aromatic rings. The predicted octanol–water partition coefficient (Wildman–Crippen LogP) is 3.43. The number of halogens is 1. The first-order valence-corrected chi connectivity index (χ1v) is 5.43. The molecule has 5 heteroatoms. The molecule has 2 aromatic heterocycles. The molecule has 0 saturated carbocycles. The fraction of sp³-hybridized carbons (Fsp3) is 0. The van der Waals surface area contributed by atoms with E-state index >= 15 is 0 Å². The Morgan fingerprint density at radius 2 is 2.12 bits per heavy atom. The van der Waals surface area contributed by atoms with E-state index in [1.807, 2.05) is 24.3 Å².